The number of ether oxygens (including phenoxy) is 4. The SMILES string of the molecule is CCCCCCCCCCCCCCCC(=O)O[C@H](COC(=O)CCCCCCCCCCC(C)CC)COP(=O)(O)OC[C@@H](O)COP(=O)(O)OC[C@@H](COC(=O)CCCCCCCCC(C)CC)OC(=O)CCCCCCCCCCC(C)CC. The van der Waals surface area contributed by atoms with Crippen LogP contribution in [0.1, 0.15) is 337 Å². The summed E-state index contributed by atoms with van der Waals surface area (Å²) in [4.78, 5) is 72.5. The minimum Gasteiger partial charge on any atom is -0.462 e. The molecule has 0 aromatic heterocycles. The normalized spacial score (nSPS) is 15.2. The summed E-state index contributed by atoms with van der Waals surface area (Å²) in [6.45, 7) is 11.8. The van der Waals surface area contributed by atoms with Gasteiger partial charge in [-0.1, -0.05) is 286 Å². The van der Waals surface area contributed by atoms with Crippen LogP contribution in [0.3, 0.4) is 0 Å². The van der Waals surface area contributed by atoms with Gasteiger partial charge in [0.25, 0.3) is 0 Å². The van der Waals surface area contributed by atoms with E-state index in [-0.39, 0.29) is 25.7 Å². The molecule has 0 rings (SSSR count). The highest BCUT2D eigenvalue weighted by Gasteiger charge is 2.30. The maximum atomic E-state index is 13.0. The highest BCUT2D eigenvalue weighted by molar-refractivity contribution is 7.47. The second kappa shape index (κ2) is 59.1. The van der Waals surface area contributed by atoms with Crippen molar-refractivity contribution in [1.82, 2.24) is 0 Å². The topological polar surface area (TPSA) is 237 Å². The van der Waals surface area contributed by atoms with E-state index >= 15 is 0 Å². The Kier molecular flexibility index (Phi) is 57.8. The molecule has 0 bridgehead atoms. The summed E-state index contributed by atoms with van der Waals surface area (Å²) in [6.07, 6.45) is 41.5. The fraction of sp³-hybridized carbons (Fsp3) is 0.941. The number of hydrogen-bond donors (Lipinski definition) is 3. The molecule has 17 nitrogen and oxygen atoms in total. The Hall–Kier alpha value is -1.94. The van der Waals surface area contributed by atoms with E-state index in [2.05, 4.69) is 48.5 Å². The van der Waals surface area contributed by atoms with Gasteiger partial charge >= 0.3 is 39.5 Å². The number of aliphatic hydroxyl groups is 1. The first-order chi connectivity index (χ1) is 41.8. The summed E-state index contributed by atoms with van der Waals surface area (Å²) in [5.41, 5.74) is 0. The molecule has 0 saturated heterocycles. The Bertz CT molecular complexity index is 1720. The molecule has 0 heterocycles. The maximum Gasteiger partial charge on any atom is 0.472 e. The number of aliphatic hydroxyl groups excluding tert-OH is 1. The van der Waals surface area contributed by atoms with Crippen LogP contribution in [0.5, 0.6) is 0 Å². The largest absolute Gasteiger partial charge is 0.472 e. The highest BCUT2D eigenvalue weighted by Crippen LogP contribution is 2.45. The van der Waals surface area contributed by atoms with Gasteiger partial charge in [0.1, 0.15) is 19.3 Å². The number of carbonyl (C=O) groups is 4. The average molecular weight is 1280 g/mol. The van der Waals surface area contributed by atoms with E-state index in [1.807, 2.05) is 0 Å². The lowest BCUT2D eigenvalue weighted by Crippen LogP contribution is -2.30. The zero-order chi connectivity index (χ0) is 64.5. The van der Waals surface area contributed by atoms with Crippen LogP contribution in [0, 0.1) is 17.8 Å². The third-order valence-corrected chi connectivity index (χ3v) is 18.6. The fourth-order valence-electron chi connectivity index (χ4n) is 10.1. The van der Waals surface area contributed by atoms with Gasteiger partial charge in [-0.15, -0.1) is 0 Å². The number of rotatable bonds is 66. The van der Waals surface area contributed by atoms with Crippen molar-refractivity contribution in [2.45, 2.75) is 356 Å². The minimum atomic E-state index is -4.95. The van der Waals surface area contributed by atoms with E-state index in [9.17, 15) is 43.2 Å². The molecule has 0 aliphatic heterocycles. The molecule has 3 N–H and O–H groups in total. The molecule has 0 aliphatic rings. The van der Waals surface area contributed by atoms with Crippen molar-refractivity contribution in [1.29, 1.82) is 0 Å². The average Bonchev–Trinajstić information content (AvgIpc) is 3.69. The van der Waals surface area contributed by atoms with Gasteiger partial charge in [0.15, 0.2) is 12.2 Å². The summed E-state index contributed by atoms with van der Waals surface area (Å²) in [5.74, 6) is 0.147. The Labute approximate surface area is 530 Å². The van der Waals surface area contributed by atoms with Crippen molar-refractivity contribution in [2.75, 3.05) is 39.6 Å². The van der Waals surface area contributed by atoms with Crippen LogP contribution in [0.15, 0.2) is 0 Å². The predicted molar refractivity (Wildman–Crippen MR) is 349 cm³/mol. The van der Waals surface area contributed by atoms with Gasteiger partial charge in [-0.2, -0.15) is 0 Å². The molecule has 8 atom stereocenters. The fourth-order valence-corrected chi connectivity index (χ4v) is 11.7. The third-order valence-electron chi connectivity index (χ3n) is 16.7. The van der Waals surface area contributed by atoms with Crippen LogP contribution >= 0.6 is 15.6 Å². The summed E-state index contributed by atoms with van der Waals surface area (Å²) in [6, 6.07) is 0. The second-order valence-corrected chi connectivity index (χ2v) is 28.2. The van der Waals surface area contributed by atoms with Gasteiger partial charge < -0.3 is 33.8 Å². The molecular weight excluding hydrogens is 1150 g/mol. The zero-order valence-corrected chi connectivity index (χ0v) is 58.3. The molecule has 0 fully saturated rings. The Balaban J connectivity index is 5.28. The number of carbonyl (C=O) groups excluding carboxylic acids is 4. The highest BCUT2D eigenvalue weighted by atomic mass is 31.2. The van der Waals surface area contributed by atoms with E-state index in [1.54, 1.807) is 0 Å². The lowest BCUT2D eigenvalue weighted by Gasteiger charge is -2.21. The van der Waals surface area contributed by atoms with Crippen molar-refractivity contribution in [3.63, 3.8) is 0 Å². The summed E-state index contributed by atoms with van der Waals surface area (Å²) < 4.78 is 68.2. The molecular formula is C68H132O17P2. The van der Waals surface area contributed by atoms with Crippen LogP contribution < -0.4 is 0 Å². The van der Waals surface area contributed by atoms with Crippen LogP contribution in [0.25, 0.3) is 0 Å². The number of phosphoric ester groups is 2. The van der Waals surface area contributed by atoms with Crippen LogP contribution in [-0.2, 0) is 65.4 Å². The molecule has 5 unspecified atom stereocenters. The molecule has 19 heteroatoms. The monoisotopic (exact) mass is 1280 g/mol. The quantitative estimate of drug-likeness (QED) is 0.0222. The van der Waals surface area contributed by atoms with Gasteiger partial charge in [0, 0.05) is 25.7 Å². The van der Waals surface area contributed by atoms with Gasteiger partial charge in [0.05, 0.1) is 26.4 Å². The Morgan fingerprint density at radius 2 is 0.552 bits per heavy atom. The number of esters is 4. The van der Waals surface area contributed by atoms with Crippen LogP contribution in [-0.4, -0.2) is 96.7 Å². The Morgan fingerprint density at radius 1 is 0.322 bits per heavy atom. The van der Waals surface area contributed by atoms with Gasteiger partial charge in [-0.05, 0) is 43.4 Å². The lowest BCUT2D eigenvalue weighted by atomic mass is 9.99. The van der Waals surface area contributed by atoms with Gasteiger partial charge in [0.2, 0.25) is 0 Å². The van der Waals surface area contributed by atoms with Crippen molar-refractivity contribution in [3.05, 3.63) is 0 Å². The zero-order valence-electron chi connectivity index (χ0n) is 56.5. The number of hydrogen-bond acceptors (Lipinski definition) is 15. The lowest BCUT2D eigenvalue weighted by molar-refractivity contribution is -0.161. The number of phosphoric acid groups is 2. The van der Waals surface area contributed by atoms with E-state index in [1.165, 1.54) is 141 Å². The predicted octanol–water partition coefficient (Wildman–Crippen LogP) is 19.1. The summed E-state index contributed by atoms with van der Waals surface area (Å²) >= 11 is 0. The van der Waals surface area contributed by atoms with Crippen molar-refractivity contribution in [3.8, 4) is 0 Å². The van der Waals surface area contributed by atoms with E-state index in [0.29, 0.717) is 25.7 Å². The molecule has 0 aromatic rings. The summed E-state index contributed by atoms with van der Waals surface area (Å²) in [5, 5.41) is 10.6. The van der Waals surface area contributed by atoms with Crippen molar-refractivity contribution < 1.29 is 80.2 Å². The van der Waals surface area contributed by atoms with Crippen LogP contribution in [0.2, 0.25) is 0 Å². The van der Waals surface area contributed by atoms with Crippen molar-refractivity contribution in [2.24, 2.45) is 17.8 Å². The van der Waals surface area contributed by atoms with E-state index in [0.717, 1.165) is 114 Å². The molecule has 0 amide bonds. The minimum absolute atomic E-state index is 0.104. The van der Waals surface area contributed by atoms with Gasteiger partial charge in [-0.25, -0.2) is 9.13 Å². The first-order valence-corrected chi connectivity index (χ1v) is 38.5. The van der Waals surface area contributed by atoms with E-state index in [4.69, 9.17) is 37.0 Å². The van der Waals surface area contributed by atoms with Crippen LogP contribution in [0.4, 0.5) is 0 Å². The molecule has 0 saturated carbocycles. The Morgan fingerprint density at radius 3 is 0.816 bits per heavy atom. The van der Waals surface area contributed by atoms with Crippen molar-refractivity contribution >= 4 is 39.5 Å². The standard InChI is InChI=1S/C68H132O17P2/c1-8-12-13-14-15-16-17-18-19-20-28-37-44-51-67(72)84-63(55-78-65(70)49-42-35-27-23-21-25-32-39-46-59(5)9-2)57-82-86(74,75)80-53-62(69)54-81-87(76,77)83-58-64(56-79-66(71)50-43-36-31-30-34-41-48-61(7)11-4)85-68(73)52-45-38-29-24-22-26-33-40-47-60(6)10-3/h59-64,69H,8-58H2,1-7H3,(H,74,75)(H,76,77)/t59?,60?,61?,62-,63-,64-/m1/s1. The molecule has 516 valence electrons. The van der Waals surface area contributed by atoms with E-state index < -0.39 is 97.5 Å². The first kappa shape index (κ1) is 85.1. The maximum absolute atomic E-state index is 13.0. The molecule has 0 spiro atoms. The molecule has 0 aromatic carbocycles. The second-order valence-electron chi connectivity index (χ2n) is 25.3. The summed E-state index contributed by atoms with van der Waals surface area (Å²) in [7, 11) is -9.90. The molecule has 87 heavy (non-hydrogen) atoms. The third kappa shape index (κ3) is 58.9. The number of unbranched alkanes of at least 4 members (excludes halogenated alkanes) is 31. The first-order valence-electron chi connectivity index (χ1n) is 35.5. The molecule has 0 radical (unpaired) electrons. The smallest absolute Gasteiger partial charge is 0.462 e. The molecule has 0 aliphatic carbocycles. The van der Waals surface area contributed by atoms with Gasteiger partial charge in [-0.3, -0.25) is 37.3 Å².